The van der Waals surface area contributed by atoms with Gasteiger partial charge in [-0.3, -0.25) is 4.79 Å². The van der Waals surface area contributed by atoms with Gasteiger partial charge in [0.2, 0.25) is 5.91 Å². The number of nitrogens with one attached hydrogen (secondary N) is 1. The molecule has 0 saturated carbocycles. The summed E-state index contributed by atoms with van der Waals surface area (Å²) < 4.78 is 22.1. The van der Waals surface area contributed by atoms with Gasteiger partial charge in [0, 0.05) is 35.2 Å². The Hall–Kier alpha value is -3.67. The summed E-state index contributed by atoms with van der Waals surface area (Å²) in [5.41, 5.74) is 4.09. The van der Waals surface area contributed by atoms with E-state index >= 15 is 0 Å². The lowest BCUT2D eigenvalue weighted by Gasteiger charge is -2.11. The molecule has 0 aliphatic carbocycles. The van der Waals surface area contributed by atoms with Crippen LogP contribution in [0.3, 0.4) is 0 Å². The Labute approximate surface area is 175 Å². The Morgan fingerprint density at radius 3 is 2.47 bits per heavy atom. The molecule has 1 heterocycles. The van der Waals surface area contributed by atoms with Gasteiger partial charge in [0.25, 0.3) is 0 Å². The minimum Gasteiger partial charge on any atom is -0.496 e. The van der Waals surface area contributed by atoms with Gasteiger partial charge in [-0.1, -0.05) is 12.1 Å². The van der Waals surface area contributed by atoms with Gasteiger partial charge < -0.3 is 23.9 Å². The van der Waals surface area contributed by atoms with Gasteiger partial charge in [0.1, 0.15) is 11.3 Å². The second kappa shape index (κ2) is 9.22. The quantitative estimate of drug-likeness (QED) is 0.428. The number of hydrogen-bond acceptors (Lipinski definition) is 5. The predicted molar refractivity (Wildman–Crippen MR) is 118 cm³/mol. The van der Waals surface area contributed by atoms with Crippen molar-refractivity contribution >= 4 is 22.4 Å². The van der Waals surface area contributed by atoms with Crippen molar-refractivity contribution in [3.63, 3.8) is 0 Å². The Bertz CT molecular complexity index is 1110. The lowest BCUT2D eigenvalue weighted by molar-refractivity contribution is -0.116. The average Bonchev–Trinajstić information content (AvgIpc) is 3.18. The number of hydrogen-bond donors (Lipinski definition) is 1. The summed E-state index contributed by atoms with van der Waals surface area (Å²) >= 11 is 0. The highest BCUT2D eigenvalue weighted by atomic mass is 16.5. The SMILES string of the molecule is C=CCNC(=O)/C=C(\C)c1cc2c(-c3ccc(OC)c(OC)c3)coc2cc1OC. The van der Waals surface area contributed by atoms with Crippen molar-refractivity contribution < 1.29 is 23.4 Å². The fourth-order valence-electron chi connectivity index (χ4n) is 3.26. The van der Waals surface area contributed by atoms with Gasteiger partial charge in [-0.05, 0) is 36.3 Å². The van der Waals surface area contributed by atoms with E-state index in [0.29, 0.717) is 29.4 Å². The van der Waals surface area contributed by atoms with E-state index in [-0.39, 0.29) is 5.91 Å². The first-order valence-corrected chi connectivity index (χ1v) is 9.41. The summed E-state index contributed by atoms with van der Waals surface area (Å²) in [4.78, 5) is 12.1. The second-order valence-electron chi connectivity index (χ2n) is 6.63. The van der Waals surface area contributed by atoms with Crippen LogP contribution in [0.25, 0.3) is 27.7 Å². The number of carbonyl (C=O) groups excluding carboxylic acids is 1. The van der Waals surface area contributed by atoms with Gasteiger partial charge in [-0.2, -0.15) is 0 Å². The van der Waals surface area contributed by atoms with Gasteiger partial charge >= 0.3 is 0 Å². The molecular weight excluding hydrogens is 382 g/mol. The Morgan fingerprint density at radius 2 is 1.80 bits per heavy atom. The summed E-state index contributed by atoms with van der Waals surface area (Å²) in [7, 11) is 4.79. The molecule has 1 N–H and O–H groups in total. The van der Waals surface area contributed by atoms with E-state index in [1.165, 1.54) is 0 Å². The minimum absolute atomic E-state index is 0.193. The molecule has 0 aliphatic heterocycles. The molecular formula is C24H25NO5. The van der Waals surface area contributed by atoms with E-state index in [2.05, 4.69) is 11.9 Å². The number of carbonyl (C=O) groups is 1. The van der Waals surface area contributed by atoms with Crippen LogP contribution in [-0.2, 0) is 4.79 Å². The van der Waals surface area contributed by atoms with Gasteiger partial charge in [-0.25, -0.2) is 0 Å². The Kier molecular flexibility index (Phi) is 6.47. The average molecular weight is 407 g/mol. The number of methoxy groups -OCH3 is 3. The van der Waals surface area contributed by atoms with Crippen molar-refractivity contribution in [2.24, 2.45) is 0 Å². The van der Waals surface area contributed by atoms with Crippen molar-refractivity contribution in [2.75, 3.05) is 27.9 Å². The minimum atomic E-state index is -0.193. The zero-order valence-corrected chi connectivity index (χ0v) is 17.6. The van der Waals surface area contributed by atoms with E-state index < -0.39 is 0 Å². The van der Waals surface area contributed by atoms with Crippen molar-refractivity contribution in [1.82, 2.24) is 5.32 Å². The number of amides is 1. The molecule has 3 aromatic rings. The molecule has 156 valence electrons. The highest BCUT2D eigenvalue weighted by Crippen LogP contribution is 2.39. The number of allylic oxidation sites excluding steroid dienone is 1. The molecule has 30 heavy (non-hydrogen) atoms. The summed E-state index contributed by atoms with van der Waals surface area (Å²) in [5.74, 6) is 1.72. The van der Waals surface area contributed by atoms with E-state index in [4.69, 9.17) is 18.6 Å². The molecule has 3 rings (SSSR count). The third-order valence-electron chi connectivity index (χ3n) is 4.78. The molecule has 0 radical (unpaired) electrons. The molecule has 6 nitrogen and oxygen atoms in total. The van der Waals surface area contributed by atoms with E-state index in [1.54, 1.807) is 39.7 Å². The van der Waals surface area contributed by atoms with Crippen LogP contribution in [0, 0.1) is 0 Å². The molecule has 0 atom stereocenters. The molecule has 1 amide bonds. The van der Waals surface area contributed by atoms with Gasteiger partial charge in [0.05, 0.1) is 27.6 Å². The number of fused-ring (bicyclic) bond motifs is 1. The molecule has 0 unspecified atom stereocenters. The maximum Gasteiger partial charge on any atom is 0.244 e. The lowest BCUT2D eigenvalue weighted by atomic mass is 9.99. The first-order chi connectivity index (χ1) is 14.5. The van der Waals surface area contributed by atoms with Crippen LogP contribution in [0.5, 0.6) is 17.2 Å². The zero-order chi connectivity index (χ0) is 21.7. The summed E-state index contributed by atoms with van der Waals surface area (Å²) in [6.45, 7) is 5.88. The third-order valence-corrected chi connectivity index (χ3v) is 4.78. The van der Waals surface area contributed by atoms with Crippen molar-refractivity contribution in [1.29, 1.82) is 0 Å². The summed E-state index contributed by atoms with van der Waals surface area (Å²) in [5, 5.41) is 3.65. The molecule has 0 aliphatic rings. The molecule has 0 bridgehead atoms. The molecule has 0 saturated heterocycles. The number of benzene rings is 2. The number of ether oxygens (including phenoxy) is 3. The molecule has 0 spiro atoms. The second-order valence-corrected chi connectivity index (χ2v) is 6.63. The fourth-order valence-corrected chi connectivity index (χ4v) is 3.26. The smallest absolute Gasteiger partial charge is 0.244 e. The third kappa shape index (κ3) is 4.17. The molecule has 6 heteroatoms. The zero-order valence-electron chi connectivity index (χ0n) is 17.6. The summed E-state index contributed by atoms with van der Waals surface area (Å²) in [6.07, 6.45) is 4.88. The Morgan fingerprint density at radius 1 is 1.07 bits per heavy atom. The number of furan rings is 1. The normalized spacial score (nSPS) is 11.3. The highest BCUT2D eigenvalue weighted by molar-refractivity contribution is 6.00. The topological polar surface area (TPSA) is 69.9 Å². The van der Waals surface area contributed by atoms with E-state index in [0.717, 1.165) is 27.6 Å². The predicted octanol–water partition coefficient (Wildman–Crippen LogP) is 4.83. The van der Waals surface area contributed by atoms with Gasteiger partial charge in [-0.15, -0.1) is 6.58 Å². The maximum atomic E-state index is 12.1. The van der Waals surface area contributed by atoms with E-state index in [1.807, 2.05) is 37.3 Å². The fraction of sp³-hybridized carbons (Fsp3) is 0.208. The monoisotopic (exact) mass is 407 g/mol. The van der Waals surface area contributed by atoms with Crippen molar-refractivity contribution in [3.05, 3.63) is 60.9 Å². The lowest BCUT2D eigenvalue weighted by Crippen LogP contribution is -2.20. The Balaban J connectivity index is 2.10. The largest absolute Gasteiger partial charge is 0.496 e. The van der Waals surface area contributed by atoms with Crippen LogP contribution in [0.1, 0.15) is 12.5 Å². The van der Waals surface area contributed by atoms with E-state index in [9.17, 15) is 4.79 Å². The standard InChI is InChI=1S/C24H25NO5/c1-6-9-25-24(26)10-15(2)17-12-18-19(14-30-22(18)13-21(17)28-4)16-7-8-20(27-3)23(11-16)29-5/h6-8,10-14H,1,9H2,2-5H3,(H,25,26)/b15-10+. The first kappa shape index (κ1) is 21.0. The van der Waals surface area contributed by atoms with Crippen LogP contribution in [0.4, 0.5) is 0 Å². The molecule has 1 aromatic heterocycles. The van der Waals surface area contributed by atoms with Crippen molar-refractivity contribution in [3.8, 4) is 28.4 Å². The van der Waals surface area contributed by atoms with Crippen LogP contribution < -0.4 is 19.5 Å². The highest BCUT2D eigenvalue weighted by Gasteiger charge is 2.16. The maximum absolute atomic E-state index is 12.1. The van der Waals surface area contributed by atoms with Crippen LogP contribution in [0.15, 0.2) is 59.7 Å². The van der Waals surface area contributed by atoms with Crippen LogP contribution in [0.2, 0.25) is 0 Å². The van der Waals surface area contributed by atoms with Crippen molar-refractivity contribution in [2.45, 2.75) is 6.92 Å². The van der Waals surface area contributed by atoms with Crippen LogP contribution in [-0.4, -0.2) is 33.8 Å². The van der Waals surface area contributed by atoms with Gasteiger partial charge in [0.15, 0.2) is 11.5 Å². The number of rotatable bonds is 8. The molecule has 2 aromatic carbocycles. The summed E-state index contributed by atoms with van der Waals surface area (Å²) in [6, 6.07) is 9.50. The molecule has 0 fully saturated rings. The van der Waals surface area contributed by atoms with Crippen LogP contribution >= 0.6 is 0 Å². The first-order valence-electron chi connectivity index (χ1n) is 9.41.